The molecule has 0 bridgehead atoms. The quantitative estimate of drug-likeness (QED) is 0.783. The molecular weight excluding hydrogens is 340 g/mol. The number of carbonyl (C=O) groups excluding carboxylic acids is 2. The summed E-state index contributed by atoms with van der Waals surface area (Å²) in [6, 6.07) is 3.30. The minimum absolute atomic E-state index is 0.0391. The van der Waals surface area contributed by atoms with Gasteiger partial charge in [0.25, 0.3) is 5.56 Å². The van der Waals surface area contributed by atoms with Crippen molar-refractivity contribution in [1.29, 1.82) is 5.26 Å². The van der Waals surface area contributed by atoms with E-state index in [1.165, 1.54) is 19.4 Å². The maximum absolute atomic E-state index is 12.0. The summed E-state index contributed by atoms with van der Waals surface area (Å²) in [7, 11) is 1.25. The average molecular weight is 358 g/mol. The second kappa shape index (κ2) is 8.16. The van der Waals surface area contributed by atoms with Crippen LogP contribution in [0.25, 0.3) is 0 Å². The molecule has 136 valence electrons. The van der Waals surface area contributed by atoms with Crippen LogP contribution < -0.4 is 5.56 Å². The summed E-state index contributed by atoms with van der Waals surface area (Å²) in [5.41, 5.74) is 1.69. The van der Waals surface area contributed by atoms with Crippen molar-refractivity contribution in [2.24, 2.45) is 0 Å². The van der Waals surface area contributed by atoms with Gasteiger partial charge in [0.05, 0.1) is 13.4 Å². The standard InChI is InChI=1S/C18H18N2O6/c1-10-12(11(2)20-17(22)14(10)8-19)4-5-16(21)26-9-15-13(6-7-25-15)18(23)24-3/h6-7H,4-5,9H2,1-3H3,(H,20,22). The van der Waals surface area contributed by atoms with Crippen molar-refractivity contribution in [2.45, 2.75) is 33.3 Å². The summed E-state index contributed by atoms with van der Waals surface area (Å²) in [6.45, 7) is 3.19. The summed E-state index contributed by atoms with van der Waals surface area (Å²) < 4.78 is 14.9. The number of hydrogen-bond donors (Lipinski definition) is 1. The van der Waals surface area contributed by atoms with Crippen LogP contribution in [0.5, 0.6) is 0 Å². The number of carbonyl (C=O) groups is 2. The van der Waals surface area contributed by atoms with Gasteiger partial charge in [-0.05, 0) is 37.5 Å². The van der Waals surface area contributed by atoms with Gasteiger partial charge in [0.1, 0.15) is 23.8 Å². The third-order valence-electron chi connectivity index (χ3n) is 4.01. The van der Waals surface area contributed by atoms with E-state index in [2.05, 4.69) is 9.72 Å². The lowest BCUT2D eigenvalue weighted by Gasteiger charge is -2.10. The minimum atomic E-state index is -0.576. The molecule has 0 amide bonds. The number of aryl methyl sites for hydroxylation is 1. The Labute approximate surface area is 149 Å². The molecule has 0 saturated heterocycles. The molecule has 0 atom stereocenters. The molecule has 2 rings (SSSR count). The van der Waals surface area contributed by atoms with Gasteiger partial charge in [-0.15, -0.1) is 0 Å². The molecule has 0 aliphatic rings. The number of esters is 2. The molecule has 0 aromatic carbocycles. The molecule has 0 saturated carbocycles. The first-order valence-electron chi connectivity index (χ1n) is 7.81. The number of nitrogens with one attached hydrogen (secondary N) is 1. The van der Waals surface area contributed by atoms with E-state index in [9.17, 15) is 14.4 Å². The van der Waals surface area contributed by atoms with E-state index in [1.54, 1.807) is 13.8 Å². The molecule has 0 unspecified atom stereocenters. The lowest BCUT2D eigenvalue weighted by atomic mass is 9.99. The first-order chi connectivity index (χ1) is 12.4. The fourth-order valence-electron chi connectivity index (χ4n) is 2.61. The van der Waals surface area contributed by atoms with Gasteiger partial charge >= 0.3 is 11.9 Å². The highest BCUT2D eigenvalue weighted by Crippen LogP contribution is 2.16. The molecule has 8 heteroatoms. The molecule has 0 spiro atoms. The Morgan fingerprint density at radius 1 is 1.35 bits per heavy atom. The van der Waals surface area contributed by atoms with Gasteiger partial charge in [0.2, 0.25) is 0 Å². The Kier molecular flexibility index (Phi) is 5.96. The lowest BCUT2D eigenvalue weighted by Crippen LogP contribution is -2.17. The Morgan fingerprint density at radius 3 is 2.73 bits per heavy atom. The zero-order valence-corrected chi connectivity index (χ0v) is 14.7. The highest BCUT2D eigenvalue weighted by Gasteiger charge is 2.17. The zero-order chi connectivity index (χ0) is 19.3. The molecule has 0 aliphatic heterocycles. The van der Waals surface area contributed by atoms with Crippen molar-refractivity contribution >= 4 is 11.9 Å². The molecule has 2 heterocycles. The topological polar surface area (TPSA) is 122 Å². The van der Waals surface area contributed by atoms with Gasteiger partial charge in [-0.25, -0.2) is 4.79 Å². The number of aromatic nitrogens is 1. The van der Waals surface area contributed by atoms with E-state index in [0.717, 1.165) is 5.56 Å². The first-order valence-corrected chi connectivity index (χ1v) is 7.81. The summed E-state index contributed by atoms with van der Waals surface area (Å²) in [5.74, 6) is -0.873. The second-order valence-corrected chi connectivity index (χ2v) is 5.58. The molecule has 2 aromatic rings. The second-order valence-electron chi connectivity index (χ2n) is 5.58. The van der Waals surface area contributed by atoms with Crippen LogP contribution in [0.3, 0.4) is 0 Å². The van der Waals surface area contributed by atoms with Gasteiger partial charge in [-0.3, -0.25) is 9.59 Å². The van der Waals surface area contributed by atoms with Crippen molar-refractivity contribution in [1.82, 2.24) is 4.98 Å². The Balaban J connectivity index is 2.01. The predicted octanol–water partition coefficient (Wildman–Crippen LogP) is 1.92. The molecular formula is C18H18N2O6. The normalized spacial score (nSPS) is 10.2. The number of methoxy groups -OCH3 is 1. The van der Waals surface area contributed by atoms with Crippen LogP contribution in [0.15, 0.2) is 21.5 Å². The van der Waals surface area contributed by atoms with Gasteiger partial charge in [0.15, 0.2) is 5.76 Å². The van der Waals surface area contributed by atoms with E-state index in [0.29, 0.717) is 17.7 Å². The smallest absolute Gasteiger partial charge is 0.341 e. The number of ether oxygens (including phenoxy) is 2. The average Bonchev–Trinajstić information content (AvgIpc) is 3.07. The minimum Gasteiger partial charge on any atom is -0.465 e. The first kappa shape index (κ1) is 19.0. The van der Waals surface area contributed by atoms with Crippen LogP contribution in [0, 0.1) is 25.2 Å². The van der Waals surface area contributed by atoms with E-state index in [-0.39, 0.29) is 29.9 Å². The van der Waals surface area contributed by atoms with Crippen LogP contribution in [0.4, 0.5) is 0 Å². The molecule has 8 nitrogen and oxygen atoms in total. The summed E-state index contributed by atoms with van der Waals surface area (Å²) in [6.07, 6.45) is 1.67. The summed E-state index contributed by atoms with van der Waals surface area (Å²) in [5, 5.41) is 9.06. The monoisotopic (exact) mass is 358 g/mol. The number of nitriles is 1. The lowest BCUT2D eigenvalue weighted by molar-refractivity contribution is -0.145. The number of hydrogen-bond acceptors (Lipinski definition) is 7. The number of aromatic amines is 1. The van der Waals surface area contributed by atoms with E-state index in [4.69, 9.17) is 14.4 Å². The molecule has 1 N–H and O–H groups in total. The van der Waals surface area contributed by atoms with Crippen LogP contribution in [-0.2, 0) is 27.3 Å². The Bertz CT molecular complexity index is 932. The maximum Gasteiger partial charge on any atom is 0.341 e. The van der Waals surface area contributed by atoms with Crippen LogP contribution in [0.1, 0.15) is 44.9 Å². The van der Waals surface area contributed by atoms with E-state index in [1.807, 2.05) is 6.07 Å². The molecule has 0 aliphatic carbocycles. The van der Waals surface area contributed by atoms with Crippen LogP contribution in [0.2, 0.25) is 0 Å². The number of pyridine rings is 1. The van der Waals surface area contributed by atoms with Crippen molar-refractivity contribution in [3.05, 3.63) is 56.4 Å². The largest absolute Gasteiger partial charge is 0.465 e. The Hall–Kier alpha value is -3.34. The third kappa shape index (κ3) is 4.00. The van der Waals surface area contributed by atoms with Crippen molar-refractivity contribution in [3.8, 4) is 6.07 Å². The van der Waals surface area contributed by atoms with Crippen molar-refractivity contribution in [2.75, 3.05) is 7.11 Å². The number of H-pyrrole nitrogens is 1. The van der Waals surface area contributed by atoms with Gasteiger partial charge < -0.3 is 18.9 Å². The molecule has 0 radical (unpaired) electrons. The van der Waals surface area contributed by atoms with E-state index < -0.39 is 17.5 Å². The predicted molar refractivity (Wildman–Crippen MR) is 89.4 cm³/mol. The molecule has 0 fully saturated rings. The maximum atomic E-state index is 12.0. The fraction of sp³-hybridized carbons (Fsp3) is 0.333. The third-order valence-corrected chi connectivity index (χ3v) is 4.01. The van der Waals surface area contributed by atoms with E-state index >= 15 is 0 Å². The molecule has 26 heavy (non-hydrogen) atoms. The number of nitrogens with zero attached hydrogens (tertiary/aromatic N) is 1. The summed E-state index contributed by atoms with van der Waals surface area (Å²) >= 11 is 0. The SMILES string of the molecule is COC(=O)c1ccoc1COC(=O)CCc1c(C)[nH]c(=O)c(C#N)c1C. The Morgan fingerprint density at radius 2 is 2.08 bits per heavy atom. The van der Waals surface area contributed by atoms with Gasteiger partial charge in [-0.1, -0.05) is 0 Å². The summed E-state index contributed by atoms with van der Waals surface area (Å²) in [4.78, 5) is 37.8. The highest BCUT2D eigenvalue weighted by atomic mass is 16.5. The van der Waals surface area contributed by atoms with Crippen molar-refractivity contribution in [3.63, 3.8) is 0 Å². The van der Waals surface area contributed by atoms with Gasteiger partial charge in [-0.2, -0.15) is 5.26 Å². The number of furan rings is 1. The number of rotatable bonds is 6. The fourth-order valence-corrected chi connectivity index (χ4v) is 2.61. The molecule has 2 aromatic heterocycles. The van der Waals surface area contributed by atoms with Crippen LogP contribution >= 0.6 is 0 Å². The highest BCUT2D eigenvalue weighted by molar-refractivity contribution is 5.90. The van der Waals surface area contributed by atoms with Gasteiger partial charge in [0, 0.05) is 12.1 Å². The van der Waals surface area contributed by atoms with Crippen LogP contribution in [-0.4, -0.2) is 24.0 Å². The zero-order valence-electron chi connectivity index (χ0n) is 14.7. The van der Waals surface area contributed by atoms with Crippen molar-refractivity contribution < 1.29 is 23.5 Å².